The van der Waals surface area contributed by atoms with Gasteiger partial charge in [0.05, 0.1) is 6.42 Å². The zero-order chi connectivity index (χ0) is 20.9. The van der Waals surface area contributed by atoms with E-state index in [1.54, 1.807) is 18.0 Å². The van der Waals surface area contributed by atoms with E-state index in [0.29, 0.717) is 37.1 Å². The van der Waals surface area contributed by atoms with Crippen LogP contribution in [-0.2, 0) is 16.0 Å². The lowest BCUT2D eigenvalue weighted by atomic mass is 9.86. The Morgan fingerprint density at radius 1 is 1.10 bits per heavy atom. The van der Waals surface area contributed by atoms with Crippen LogP contribution in [0.1, 0.15) is 24.0 Å². The second-order valence-electron chi connectivity index (χ2n) is 7.89. The average molecular weight is 397 g/mol. The van der Waals surface area contributed by atoms with Crippen LogP contribution in [0.2, 0.25) is 0 Å². The molecule has 0 saturated carbocycles. The lowest BCUT2D eigenvalue weighted by molar-refractivity contribution is -0.139. The van der Waals surface area contributed by atoms with Crippen molar-refractivity contribution in [2.24, 2.45) is 0 Å². The molecule has 3 heterocycles. The number of rotatable bonds is 2. The largest absolute Gasteiger partial charge is 0.423 e. The van der Waals surface area contributed by atoms with E-state index in [1.165, 1.54) is 18.0 Å². The quantitative estimate of drug-likeness (QED) is 0.566. The van der Waals surface area contributed by atoms with Crippen LogP contribution in [0.25, 0.3) is 11.0 Å². The monoisotopic (exact) mass is 397 g/mol. The maximum absolute atomic E-state index is 12.9. The Kier molecular flexibility index (Phi) is 4.44. The summed E-state index contributed by atoms with van der Waals surface area (Å²) in [5.74, 6) is -0.320. The zero-order valence-corrected chi connectivity index (χ0v) is 16.7. The van der Waals surface area contributed by atoms with Gasteiger partial charge in [0.2, 0.25) is 5.91 Å². The van der Waals surface area contributed by atoms with Gasteiger partial charge < -0.3 is 14.2 Å². The number of imide groups is 1. The van der Waals surface area contributed by atoms with E-state index >= 15 is 0 Å². The van der Waals surface area contributed by atoms with Gasteiger partial charge in [0, 0.05) is 38.6 Å². The van der Waals surface area contributed by atoms with Gasteiger partial charge in [-0.15, -0.1) is 0 Å². The minimum Gasteiger partial charge on any atom is -0.423 e. The van der Waals surface area contributed by atoms with Gasteiger partial charge in [0.15, 0.2) is 0 Å². The molecule has 8 nitrogen and oxygen atoms in total. The fraction of sp³-hybridized carbons (Fsp3) is 0.429. The first kappa shape index (κ1) is 19.2. The number of hydrogen-bond acceptors (Lipinski definition) is 5. The van der Waals surface area contributed by atoms with E-state index in [-0.39, 0.29) is 24.3 Å². The molecule has 2 fully saturated rings. The number of likely N-dealkylation sites (tertiary alicyclic amines) is 1. The molecule has 4 amide bonds. The second-order valence-corrected chi connectivity index (χ2v) is 7.89. The van der Waals surface area contributed by atoms with Gasteiger partial charge in [-0.05, 0) is 37.0 Å². The first-order chi connectivity index (χ1) is 13.7. The van der Waals surface area contributed by atoms with Gasteiger partial charge in [0.1, 0.15) is 11.1 Å². The van der Waals surface area contributed by atoms with Crippen LogP contribution < -0.4 is 5.63 Å². The number of likely N-dealkylation sites (N-methyl/N-ethyl adjacent to an activating group) is 2. The summed E-state index contributed by atoms with van der Waals surface area (Å²) in [5, 5.41) is 0.745. The number of amides is 4. The smallest absolute Gasteiger partial charge is 0.336 e. The lowest BCUT2D eigenvalue weighted by Crippen LogP contribution is -2.56. The van der Waals surface area contributed by atoms with Crippen LogP contribution in [0.3, 0.4) is 0 Å². The average Bonchev–Trinajstić information content (AvgIpc) is 2.84. The van der Waals surface area contributed by atoms with Crippen molar-refractivity contribution >= 4 is 28.8 Å². The molecule has 152 valence electrons. The topological polar surface area (TPSA) is 91.1 Å². The fourth-order valence-corrected chi connectivity index (χ4v) is 4.38. The highest BCUT2D eigenvalue weighted by Crippen LogP contribution is 2.35. The minimum absolute atomic E-state index is 0.0841. The predicted octanol–water partition coefficient (Wildman–Crippen LogP) is 1.53. The summed E-state index contributed by atoms with van der Waals surface area (Å²) in [6.07, 6.45) is 0.892. The number of nitrogens with zero attached hydrogens (tertiary/aromatic N) is 3. The number of aryl methyl sites for hydroxylation is 1. The van der Waals surface area contributed by atoms with Crippen LogP contribution in [0.4, 0.5) is 4.79 Å². The summed E-state index contributed by atoms with van der Waals surface area (Å²) in [7, 11) is 3.12. The summed E-state index contributed by atoms with van der Waals surface area (Å²) < 4.78 is 5.26. The number of carbonyl (C=O) groups is 3. The molecular formula is C21H23N3O5. The van der Waals surface area contributed by atoms with Crippen molar-refractivity contribution < 1.29 is 18.8 Å². The Morgan fingerprint density at radius 3 is 2.41 bits per heavy atom. The van der Waals surface area contributed by atoms with Crippen molar-refractivity contribution in [2.45, 2.75) is 31.7 Å². The van der Waals surface area contributed by atoms with Crippen LogP contribution in [0.15, 0.2) is 33.5 Å². The number of piperidine rings is 1. The van der Waals surface area contributed by atoms with E-state index in [4.69, 9.17) is 4.42 Å². The SMILES string of the molecule is Cc1ccc2c(CC(=O)N3CCC4(CC3)C(=O)N(C)C(=O)N4C)cc(=O)oc2c1. The van der Waals surface area contributed by atoms with Crippen LogP contribution in [0.5, 0.6) is 0 Å². The van der Waals surface area contributed by atoms with Gasteiger partial charge in [-0.3, -0.25) is 14.5 Å². The number of carbonyl (C=O) groups excluding carboxylic acids is 3. The van der Waals surface area contributed by atoms with E-state index in [0.717, 1.165) is 15.8 Å². The highest BCUT2D eigenvalue weighted by atomic mass is 16.4. The third-order valence-corrected chi connectivity index (χ3v) is 6.19. The van der Waals surface area contributed by atoms with Crippen LogP contribution in [0, 0.1) is 6.92 Å². The third-order valence-electron chi connectivity index (χ3n) is 6.19. The van der Waals surface area contributed by atoms with E-state index < -0.39 is 11.2 Å². The molecule has 0 unspecified atom stereocenters. The summed E-state index contributed by atoms with van der Waals surface area (Å²) in [6.45, 7) is 2.67. The van der Waals surface area contributed by atoms with Crippen molar-refractivity contribution in [1.82, 2.24) is 14.7 Å². The molecule has 29 heavy (non-hydrogen) atoms. The summed E-state index contributed by atoms with van der Waals surface area (Å²) >= 11 is 0. The van der Waals surface area contributed by atoms with Crippen LogP contribution in [-0.4, -0.2) is 65.3 Å². The van der Waals surface area contributed by atoms with Crippen molar-refractivity contribution in [1.29, 1.82) is 0 Å². The Bertz CT molecular complexity index is 1080. The summed E-state index contributed by atoms with van der Waals surface area (Å²) in [6, 6.07) is 6.60. The fourth-order valence-electron chi connectivity index (χ4n) is 4.38. The number of benzene rings is 1. The molecule has 0 radical (unpaired) electrons. The molecule has 4 rings (SSSR count). The molecule has 1 aromatic heterocycles. The Balaban J connectivity index is 1.52. The summed E-state index contributed by atoms with van der Waals surface area (Å²) in [4.78, 5) is 53.9. The molecule has 0 bridgehead atoms. The third kappa shape index (κ3) is 2.99. The Morgan fingerprint density at radius 2 is 1.79 bits per heavy atom. The van der Waals surface area contributed by atoms with Crippen LogP contribution >= 0.6 is 0 Å². The van der Waals surface area contributed by atoms with E-state index in [2.05, 4.69) is 0 Å². The molecule has 2 aromatic rings. The van der Waals surface area contributed by atoms with Crippen molar-refractivity contribution in [3.63, 3.8) is 0 Å². The normalized spacial score (nSPS) is 18.9. The second kappa shape index (κ2) is 6.72. The number of fused-ring (bicyclic) bond motifs is 1. The van der Waals surface area contributed by atoms with Gasteiger partial charge >= 0.3 is 11.7 Å². The van der Waals surface area contributed by atoms with Crippen molar-refractivity contribution in [2.75, 3.05) is 27.2 Å². The molecule has 2 saturated heterocycles. The highest BCUT2D eigenvalue weighted by Gasteiger charge is 2.55. The van der Waals surface area contributed by atoms with Gasteiger partial charge in [0.25, 0.3) is 5.91 Å². The summed E-state index contributed by atoms with van der Waals surface area (Å²) in [5.41, 5.74) is 0.724. The van der Waals surface area contributed by atoms with Crippen molar-refractivity contribution in [3.8, 4) is 0 Å². The highest BCUT2D eigenvalue weighted by molar-refractivity contribution is 6.06. The molecule has 8 heteroatoms. The van der Waals surface area contributed by atoms with Gasteiger partial charge in [-0.1, -0.05) is 12.1 Å². The molecule has 2 aliphatic heterocycles. The van der Waals surface area contributed by atoms with Crippen molar-refractivity contribution in [3.05, 3.63) is 45.8 Å². The molecule has 2 aliphatic rings. The van der Waals surface area contributed by atoms with E-state index in [1.807, 2.05) is 19.1 Å². The van der Waals surface area contributed by atoms with E-state index in [9.17, 15) is 19.2 Å². The molecular weight excluding hydrogens is 374 g/mol. The first-order valence-electron chi connectivity index (χ1n) is 9.60. The predicted molar refractivity (Wildman–Crippen MR) is 105 cm³/mol. The Labute approximate surface area is 167 Å². The minimum atomic E-state index is -0.860. The molecule has 1 aromatic carbocycles. The van der Waals surface area contributed by atoms with Gasteiger partial charge in [-0.25, -0.2) is 9.59 Å². The van der Waals surface area contributed by atoms with Gasteiger partial charge in [-0.2, -0.15) is 0 Å². The zero-order valence-electron chi connectivity index (χ0n) is 16.7. The molecule has 0 atom stereocenters. The maximum atomic E-state index is 12.9. The Hall–Kier alpha value is -3.16. The molecule has 0 aliphatic carbocycles. The standard InChI is InChI=1S/C21H23N3O5/c1-13-4-5-15-14(12-18(26)29-16(15)10-13)11-17(25)24-8-6-21(7-9-24)19(27)22(2)20(28)23(21)3/h4-5,10,12H,6-9,11H2,1-3H3. The first-order valence-corrected chi connectivity index (χ1v) is 9.60. The lowest BCUT2D eigenvalue weighted by Gasteiger charge is -2.40. The molecule has 0 N–H and O–H groups in total. The maximum Gasteiger partial charge on any atom is 0.336 e. The number of urea groups is 1. The number of hydrogen-bond donors (Lipinski definition) is 0. The molecule has 1 spiro atoms.